The van der Waals surface area contributed by atoms with Gasteiger partial charge in [0.2, 0.25) is 11.8 Å². The molecule has 1 aliphatic heterocycles. The normalized spacial score (nSPS) is 21.6. The third-order valence-corrected chi connectivity index (χ3v) is 2.35. The molecule has 0 aromatic rings. The Morgan fingerprint density at radius 3 is 2.94 bits per heavy atom. The van der Waals surface area contributed by atoms with E-state index in [2.05, 4.69) is 16.0 Å². The van der Waals surface area contributed by atoms with Crippen LogP contribution in [0.2, 0.25) is 0 Å². The smallest absolute Gasteiger partial charge is 0.242 e. The van der Waals surface area contributed by atoms with Crippen LogP contribution in [0.15, 0.2) is 0 Å². The highest BCUT2D eigenvalue weighted by Gasteiger charge is 2.26. The van der Waals surface area contributed by atoms with Crippen molar-refractivity contribution in [1.82, 2.24) is 16.0 Å². The van der Waals surface area contributed by atoms with Gasteiger partial charge in [-0.25, -0.2) is 0 Å². The first-order chi connectivity index (χ1) is 7.59. The summed E-state index contributed by atoms with van der Waals surface area (Å²) >= 11 is 0. The molecule has 16 heavy (non-hydrogen) atoms. The molecule has 0 saturated carbocycles. The molecule has 6 heteroatoms. The summed E-state index contributed by atoms with van der Waals surface area (Å²) in [4.78, 5) is 22.4. The molecule has 0 radical (unpaired) electrons. The average molecular weight is 229 g/mol. The van der Waals surface area contributed by atoms with Gasteiger partial charge in [0, 0.05) is 26.1 Å². The second-order valence-electron chi connectivity index (χ2n) is 4.00. The van der Waals surface area contributed by atoms with Gasteiger partial charge in [-0.2, -0.15) is 0 Å². The summed E-state index contributed by atoms with van der Waals surface area (Å²) in [7, 11) is 0. The first-order valence-electron chi connectivity index (χ1n) is 5.55. The molecule has 1 saturated heterocycles. The molecular weight excluding hydrogens is 210 g/mol. The number of carbonyl (C=O) groups excluding carboxylic acids is 2. The summed E-state index contributed by atoms with van der Waals surface area (Å²) in [5, 5.41) is 17.3. The number of carbonyl (C=O) groups is 2. The van der Waals surface area contributed by atoms with Crippen molar-refractivity contribution >= 4 is 11.8 Å². The summed E-state index contributed by atoms with van der Waals surface area (Å²) in [6.45, 7) is 3.31. The van der Waals surface area contributed by atoms with Crippen LogP contribution in [0.4, 0.5) is 0 Å². The lowest BCUT2D eigenvalue weighted by atomic mass is 10.2. The van der Waals surface area contributed by atoms with Crippen molar-refractivity contribution < 1.29 is 14.7 Å². The van der Waals surface area contributed by atoms with E-state index in [0.29, 0.717) is 32.5 Å². The second kappa shape index (κ2) is 6.44. The van der Waals surface area contributed by atoms with Gasteiger partial charge in [-0.15, -0.1) is 0 Å². The Bertz CT molecular complexity index is 256. The molecule has 0 aliphatic carbocycles. The lowest BCUT2D eigenvalue weighted by Gasteiger charge is -2.11. The van der Waals surface area contributed by atoms with E-state index in [9.17, 15) is 9.59 Å². The maximum Gasteiger partial charge on any atom is 0.242 e. The Hall–Kier alpha value is -1.14. The lowest BCUT2D eigenvalue weighted by Crippen LogP contribution is -2.44. The van der Waals surface area contributed by atoms with Crippen LogP contribution < -0.4 is 16.0 Å². The average Bonchev–Trinajstić information content (AvgIpc) is 2.63. The minimum Gasteiger partial charge on any atom is -0.392 e. The van der Waals surface area contributed by atoms with Crippen molar-refractivity contribution in [1.29, 1.82) is 0 Å². The number of rotatable bonds is 6. The lowest BCUT2D eigenvalue weighted by molar-refractivity contribution is -0.125. The zero-order valence-electron chi connectivity index (χ0n) is 9.45. The van der Waals surface area contributed by atoms with Crippen LogP contribution in [0.3, 0.4) is 0 Å². The van der Waals surface area contributed by atoms with Crippen LogP contribution in [-0.4, -0.2) is 48.7 Å². The third kappa shape index (κ3) is 4.59. The molecule has 4 N–H and O–H groups in total. The molecule has 2 atom stereocenters. The summed E-state index contributed by atoms with van der Waals surface area (Å²) in [5.41, 5.74) is 0. The minimum absolute atomic E-state index is 0.0626. The van der Waals surface area contributed by atoms with Gasteiger partial charge < -0.3 is 21.1 Å². The highest BCUT2D eigenvalue weighted by atomic mass is 16.3. The van der Waals surface area contributed by atoms with Crippen LogP contribution in [0.25, 0.3) is 0 Å². The van der Waals surface area contributed by atoms with E-state index < -0.39 is 0 Å². The Morgan fingerprint density at radius 1 is 1.62 bits per heavy atom. The predicted octanol–water partition coefficient (Wildman–Crippen LogP) is -1.65. The topological polar surface area (TPSA) is 90.5 Å². The van der Waals surface area contributed by atoms with E-state index in [1.165, 1.54) is 0 Å². The SMILES string of the molecule is CC(O)CNCCNC(=O)C1CCC(=O)N1. The van der Waals surface area contributed by atoms with E-state index in [-0.39, 0.29) is 24.0 Å². The number of hydrogen-bond donors (Lipinski definition) is 4. The molecule has 0 aromatic carbocycles. The number of hydrogen-bond acceptors (Lipinski definition) is 4. The Balaban J connectivity index is 2.04. The maximum atomic E-state index is 11.5. The van der Waals surface area contributed by atoms with Crippen LogP contribution >= 0.6 is 0 Å². The van der Waals surface area contributed by atoms with Gasteiger partial charge in [0.15, 0.2) is 0 Å². The molecule has 1 heterocycles. The van der Waals surface area contributed by atoms with Gasteiger partial charge in [-0.05, 0) is 13.3 Å². The van der Waals surface area contributed by atoms with E-state index in [1.807, 2.05) is 0 Å². The number of nitrogens with one attached hydrogen (secondary N) is 3. The number of amides is 2. The van der Waals surface area contributed by atoms with Crippen LogP contribution in [0.1, 0.15) is 19.8 Å². The summed E-state index contributed by atoms with van der Waals surface area (Å²) < 4.78 is 0. The maximum absolute atomic E-state index is 11.5. The van der Waals surface area contributed by atoms with Crippen LogP contribution in [0, 0.1) is 0 Å². The minimum atomic E-state index is -0.384. The van der Waals surface area contributed by atoms with Crippen molar-refractivity contribution in [2.24, 2.45) is 0 Å². The van der Waals surface area contributed by atoms with E-state index in [0.717, 1.165) is 0 Å². The van der Waals surface area contributed by atoms with Crippen molar-refractivity contribution in [2.75, 3.05) is 19.6 Å². The molecule has 0 bridgehead atoms. The second-order valence-corrected chi connectivity index (χ2v) is 4.00. The van der Waals surface area contributed by atoms with Crippen molar-refractivity contribution in [3.8, 4) is 0 Å². The van der Waals surface area contributed by atoms with Crippen LogP contribution in [0.5, 0.6) is 0 Å². The quantitative estimate of drug-likeness (QED) is 0.411. The van der Waals surface area contributed by atoms with Gasteiger partial charge in [0.25, 0.3) is 0 Å². The summed E-state index contributed by atoms with van der Waals surface area (Å²) in [6.07, 6.45) is 0.620. The van der Waals surface area contributed by atoms with E-state index >= 15 is 0 Å². The predicted molar refractivity (Wildman–Crippen MR) is 58.7 cm³/mol. The Labute approximate surface area is 94.8 Å². The largest absolute Gasteiger partial charge is 0.392 e. The van der Waals surface area contributed by atoms with Crippen molar-refractivity contribution in [2.45, 2.75) is 31.9 Å². The van der Waals surface area contributed by atoms with Gasteiger partial charge in [-0.3, -0.25) is 9.59 Å². The molecule has 1 fully saturated rings. The van der Waals surface area contributed by atoms with Crippen molar-refractivity contribution in [3.05, 3.63) is 0 Å². The molecule has 92 valence electrons. The standard InChI is InChI=1S/C10H19N3O3/c1-7(14)6-11-4-5-12-10(16)8-2-3-9(15)13-8/h7-8,11,14H,2-6H2,1H3,(H,12,16)(H,13,15). The zero-order chi connectivity index (χ0) is 12.0. The van der Waals surface area contributed by atoms with Crippen molar-refractivity contribution in [3.63, 3.8) is 0 Å². The Kier molecular flexibility index (Phi) is 5.21. The molecule has 2 amide bonds. The monoisotopic (exact) mass is 229 g/mol. The highest BCUT2D eigenvalue weighted by Crippen LogP contribution is 2.05. The molecule has 1 aliphatic rings. The highest BCUT2D eigenvalue weighted by molar-refractivity contribution is 5.90. The fourth-order valence-electron chi connectivity index (χ4n) is 1.52. The van der Waals surface area contributed by atoms with Gasteiger partial charge >= 0.3 is 0 Å². The molecule has 2 unspecified atom stereocenters. The summed E-state index contributed by atoms with van der Waals surface area (Å²) in [5.74, 6) is -0.197. The molecular formula is C10H19N3O3. The molecule has 6 nitrogen and oxygen atoms in total. The van der Waals surface area contributed by atoms with Gasteiger partial charge in [0.1, 0.15) is 6.04 Å². The van der Waals surface area contributed by atoms with Gasteiger partial charge in [-0.1, -0.05) is 0 Å². The number of aliphatic hydroxyl groups excluding tert-OH is 1. The zero-order valence-corrected chi connectivity index (χ0v) is 9.45. The molecule has 0 aromatic heterocycles. The van der Waals surface area contributed by atoms with Gasteiger partial charge in [0.05, 0.1) is 6.10 Å². The summed E-state index contributed by atoms with van der Waals surface area (Å²) in [6, 6.07) is -0.371. The third-order valence-electron chi connectivity index (χ3n) is 2.35. The van der Waals surface area contributed by atoms with E-state index in [4.69, 9.17) is 5.11 Å². The Morgan fingerprint density at radius 2 is 2.38 bits per heavy atom. The molecule has 1 rings (SSSR count). The first-order valence-corrected chi connectivity index (χ1v) is 5.55. The fraction of sp³-hybridized carbons (Fsp3) is 0.800. The fourth-order valence-corrected chi connectivity index (χ4v) is 1.52. The van der Waals surface area contributed by atoms with E-state index in [1.54, 1.807) is 6.92 Å². The molecule has 0 spiro atoms. The first kappa shape index (κ1) is 12.9. The van der Waals surface area contributed by atoms with Crippen LogP contribution in [-0.2, 0) is 9.59 Å². The number of aliphatic hydroxyl groups is 1.